The molecule has 8 aromatic carbocycles. The number of fused-ring (bicyclic) bond motifs is 4. The normalized spacial score (nSPS) is 11.4. The fourth-order valence-corrected chi connectivity index (χ4v) is 7.74. The molecule has 10 rings (SSSR count). The lowest BCUT2D eigenvalue weighted by Gasteiger charge is -2.17. The Labute approximate surface area is 301 Å². The van der Waals surface area contributed by atoms with Crippen LogP contribution < -0.4 is 0 Å². The van der Waals surface area contributed by atoms with Crippen LogP contribution in [0, 0.1) is 11.3 Å². The Morgan fingerprint density at radius 3 is 1.31 bits per heavy atom. The van der Waals surface area contributed by atoms with Gasteiger partial charge in [-0.3, -0.25) is 0 Å². The molecule has 1 aromatic heterocycles. The van der Waals surface area contributed by atoms with Crippen molar-refractivity contribution in [3.8, 4) is 84.7 Å². The molecule has 4 nitrogen and oxygen atoms in total. The van der Waals surface area contributed by atoms with Crippen molar-refractivity contribution in [1.29, 1.82) is 5.26 Å². The third-order valence-electron chi connectivity index (χ3n) is 10.1. The molecule has 0 saturated heterocycles. The summed E-state index contributed by atoms with van der Waals surface area (Å²) in [4.78, 5) is 15.1. The number of hydrogen-bond donors (Lipinski definition) is 0. The molecule has 1 aliphatic carbocycles. The minimum Gasteiger partial charge on any atom is -0.208 e. The Balaban J connectivity index is 1.23. The predicted molar refractivity (Wildman–Crippen MR) is 211 cm³/mol. The predicted octanol–water partition coefficient (Wildman–Crippen LogP) is 12.0. The molecule has 1 heterocycles. The second-order valence-corrected chi connectivity index (χ2v) is 13.1. The maximum Gasteiger partial charge on any atom is 0.164 e. The summed E-state index contributed by atoms with van der Waals surface area (Å²) >= 11 is 0. The van der Waals surface area contributed by atoms with E-state index >= 15 is 0 Å². The lowest BCUT2D eigenvalue weighted by molar-refractivity contribution is 1.08. The molecule has 0 saturated carbocycles. The van der Waals surface area contributed by atoms with Crippen molar-refractivity contribution in [2.45, 2.75) is 0 Å². The van der Waals surface area contributed by atoms with E-state index in [1.165, 1.54) is 33.0 Å². The third-order valence-corrected chi connectivity index (χ3v) is 10.1. The van der Waals surface area contributed by atoms with Crippen LogP contribution in [0.2, 0.25) is 0 Å². The van der Waals surface area contributed by atoms with E-state index in [-0.39, 0.29) is 0 Å². The second-order valence-electron chi connectivity index (χ2n) is 13.1. The number of nitrogens with zero attached hydrogens (tertiary/aromatic N) is 4. The Morgan fingerprint density at radius 1 is 0.308 bits per heavy atom. The molecule has 0 unspecified atom stereocenters. The van der Waals surface area contributed by atoms with Gasteiger partial charge in [0.1, 0.15) is 0 Å². The van der Waals surface area contributed by atoms with Crippen LogP contribution in [-0.2, 0) is 0 Å². The van der Waals surface area contributed by atoms with E-state index in [0.29, 0.717) is 23.0 Å². The maximum absolute atomic E-state index is 9.53. The number of benzene rings is 8. The fraction of sp³-hybridized carbons (Fsp3) is 0. The van der Waals surface area contributed by atoms with Gasteiger partial charge in [-0.1, -0.05) is 152 Å². The molecule has 4 heteroatoms. The van der Waals surface area contributed by atoms with Gasteiger partial charge in [-0.25, -0.2) is 15.0 Å². The molecule has 0 fully saturated rings. The summed E-state index contributed by atoms with van der Waals surface area (Å²) in [5, 5.41) is 14.2. The first kappa shape index (κ1) is 29.7. The van der Waals surface area contributed by atoms with Gasteiger partial charge in [0.25, 0.3) is 0 Å². The van der Waals surface area contributed by atoms with Crippen molar-refractivity contribution in [2.75, 3.05) is 0 Å². The van der Waals surface area contributed by atoms with Gasteiger partial charge in [0.05, 0.1) is 11.6 Å². The van der Waals surface area contributed by atoms with Crippen LogP contribution in [0.5, 0.6) is 0 Å². The highest BCUT2D eigenvalue weighted by molar-refractivity contribution is 6.24. The van der Waals surface area contributed by atoms with Crippen molar-refractivity contribution in [3.63, 3.8) is 0 Å². The zero-order chi connectivity index (χ0) is 34.6. The first-order chi connectivity index (χ1) is 25.7. The van der Waals surface area contributed by atoms with Crippen LogP contribution >= 0.6 is 0 Å². The molecular formula is C48H28N4. The minimum absolute atomic E-state index is 0.629. The summed E-state index contributed by atoms with van der Waals surface area (Å²) in [7, 11) is 0. The molecule has 0 bridgehead atoms. The highest BCUT2D eigenvalue weighted by Crippen LogP contribution is 2.52. The number of nitriles is 1. The summed E-state index contributed by atoms with van der Waals surface area (Å²) in [5.74, 6) is 1.90. The molecule has 9 aromatic rings. The summed E-state index contributed by atoms with van der Waals surface area (Å²) in [6.07, 6.45) is 0. The summed E-state index contributed by atoms with van der Waals surface area (Å²) in [5.41, 5.74) is 13.0. The van der Waals surface area contributed by atoms with Gasteiger partial charge >= 0.3 is 0 Å². The van der Waals surface area contributed by atoms with Gasteiger partial charge in [-0.05, 0) is 84.3 Å². The van der Waals surface area contributed by atoms with E-state index in [2.05, 4.69) is 103 Å². The topological polar surface area (TPSA) is 62.5 Å². The van der Waals surface area contributed by atoms with Gasteiger partial charge in [0.15, 0.2) is 17.5 Å². The first-order valence-corrected chi connectivity index (χ1v) is 17.3. The average molecular weight is 661 g/mol. The highest BCUT2D eigenvalue weighted by atomic mass is 15.0. The Morgan fingerprint density at radius 2 is 0.731 bits per heavy atom. The van der Waals surface area contributed by atoms with Gasteiger partial charge in [-0.2, -0.15) is 5.26 Å². The van der Waals surface area contributed by atoms with E-state index in [1.54, 1.807) is 0 Å². The largest absolute Gasteiger partial charge is 0.208 e. The fourth-order valence-electron chi connectivity index (χ4n) is 7.74. The first-order valence-electron chi connectivity index (χ1n) is 17.3. The summed E-state index contributed by atoms with van der Waals surface area (Å²) in [6, 6.07) is 61.0. The maximum atomic E-state index is 9.53. The Bertz CT molecular complexity index is 2800. The molecule has 0 radical (unpaired) electrons. The van der Waals surface area contributed by atoms with Crippen molar-refractivity contribution < 1.29 is 0 Å². The zero-order valence-corrected chi connectivity index (χ0v) is 28.0. The van der Waals surface area contributed by atoms with Crippen molar-refractivity contribution >= 4 is 21.5 Å². The van der Waals surface area contributed by atoms with Gasteiger partial charge < -0.3 is 0 Å². The minimum atomic E-state index is 0.629. The highest BCUT2D eigenvalue weighted by Gasteiger charge is 2.26. The Hall–Kier alpha value is -7.22. The molecule has 0 N–H and O–H groups in total. The van der Waals surface area contributed by atoms with Crippen LogP contribution in [0.1, 0.15) is 5.56 Å². The summed E-state index contributed by atoms with van der Waals surface area (Å²) < 4.78 is 0. The second kappa shape index (κ2) is 12.0. The molecular weight excluding hydrogens is 633 g/mol. The lowest BCUT2D eigenvalue weighted by Crippen LogP contribution is -2.00. The quantitative estimate of drug-likeness (QED) is 0.184. The number of hydrogen-bond acceptors (Lipinski definition) is 4. The van der Waals surface area contributed by atoms with Crippen LogP contribution in [0.25, 0.3) is 100 Å². The standard InChI is InChI=1S/C48H28N4/c49-29-30-19-21-31(22-20-30)34-23-25-40-36-16-8-9-17-37(36)41-26-27-42(44(34)45(40)41)39-24-28-43(38-18-10-7-15-35(38)39)48-51-46(32-11-3-1-4-12-32)50-47(52-48)33-13-5-2-6-14-33/h1-28H. The smallest absolute Gasteiger partial charge is 0.164 e. The van der Waals surface area contributed by atoms with E-state index in [9.17, 15) is 5.26 Å². The number of aromatic nitrogens is 3. The third kappa shape index (κ3) is 4.72. The van der Waals surface area contributed by atoms with E-state index in [0.717, 1.165) is 49.7 Å². The summed E-state index contributed by atoms with van der Waals surface area (Å²) in [6.45, 7) is 0. The molecule has 1 aliphatic rings. The molecule has 0 amide bonds. The molecule has 0 atom stereocenters. The van der Waals surface area contributed by atoms with E-state index in [4.69, 9.17) is 15.0 Å². The van der Waals surface area contributed by atoms with Crippen LogP contribution in [0.3, 0.4) is 0 Å². The molecule has 0 aliphatic heterocycles. The van der Waals surface area contributed by atoms with Crippen molar-refractivity contribution in [2.24, 2.45) is 0 Å². The molecule has 0 spiro atoms. The zero-order valence-electron chi connectivity index (χ0n) is 28.0. The van der Waals surface area contributed by atoms with Crippen molar-refractivity contribution in [1.82, 2.24) is 15.0 Å². The van der Waals surface area contributed by atoms with Gasteiger partial charge in [-0.15, -0.1) is 0 Å². The van der Waals surface area contributed by atoms with Crippen LogP contribution in [0.15, 0.2) is 170 Å². The monoisotopic (exact) mass is 660 g/mol. The van der Waals surface area contributed by atoms with Gasteiger partial charge in [0, 0.05) is 16.7 Å². The average Bonchev–Trinajstić information content (AvgIpc) is 3.55. The molecule has 240 valence electrons. The molecule has 52 heavy (non-hydrogen) atoms. The van der Waals surface area contributed by atoms with Crippen LogP contribution in [0.4, 0.5) is 0 Å². The lowest BCUT2D eigenvalue weighted by atomic mass is 9.86. The SMILES string of the molecule is N#Cc1ccc(-c2ccc3c4c(ccc(-c5ccc(-c6nc(-c7ccccc7)nc(-c7ccccc7)n6)c6ccccc56)c24)-c2ccccc2-3)cc1. The number of rotatable bonds is 5. The van der Waals surface area contributed by atoms with Crippen molar-refractivity contribution in [3.05, 3.63) is 175 Å². The van der Waals surface area contributed by atoms with Crippen LogP contribution in [-0.4, -0.2) is 15.0 Å². The van der Waals surface area contributed by atoms with Gasteiger partial charge in [0.2, 0.25) is 0 Å². The van der Waals surface area contributed by atoms with E-state index in [1.807, 2.05) is 72.8 Å². The Kier molecular flexibility index (Phi) is 6.84. The van der Waals surface area contributed by atoms with E-state index < -0.39 is 0 Å².